The second-order valence-electron chi connectivity index (χ2n) is 6.10. The van der Waals surface area contributed by atoms with E-state index in [1.165, 1.54) is 22.9 Å². The number of thioether (sulfide) groups is 1. The Kier molecular flexibility index (Phi) is 5.23. The van der Waals surface area contributed by atoms with Gasteiger partial charge in [0, 0.05) is 31.3 Å². The summed E-state index contributed by atoms with van der Waals surface area (Å²) in [5, 5.41) is 20.3. The van der Waals surface area contributed by atoms with Crippen LogP contribution in [0.3, 0.4) is 0 Å². The molecule has 0 aliphatic carbocycles. The molecule has 24 heavy (non-hydrogen) atoms. The molecule has 6 nitrogen and oxygen atoms in total. The topological polar surface area (TPSA) is 95.5 Å². The molecule has 2 heterocycles. The molecular weight excluding hydrogens is 324 g/mol. The number of piperidine rings is 1. The fraction of sp³-hybridized carbons (Fsp3) is 0.412. The standard InChI is InChI=1S/C17H22N4O2S/c1-11-4-2-3-5-12(11)10-24-17-19-15(18)7-16(20-17)21-8-13(22)6-14(23)9-21/h2-5,7,13-14,22-23H,6,8-10H2,1H3,(H2,18,19,20)/t13-,14-/m1/s1. The first-order chi connectivity index (χ1) is 11.5. The van der Waals surface area contributed by atoms with Gasteiger partial charge in [0.15, 0.2) is 5.16 Å². The second kappa shape index (κ2) is 7.38. The molecule has 1 aromatic carbocycles. The zero-order chi connectivity index (χ0) is 17.1. The third-order valence-electron chi connectivity index (χ3n) is 4.06. The minimum absolute atomic E-state index is 0.391. The average molecular weight is 346 g/mol. The Bertz CT molecular complexity index is 703. The molecular formula is C17H22N4O2S. The van der Waals surface area contributed by atoms with Crippen LogP contribution in [0.2, 0.25) is 0 Å². The van der Waals surface area contributed by atoms with Crippen LogP contribution in [0.1, 0.15) is 17.5 Å². The lowest BCUT2D eigenvalue weighted by atomic mass is 10.1. The normalized spacial score (nSPS) is 21.0. The smallest absolute Gasteiger partial charge is 0.191 e. The summed E-state index contributed by atoms with van der Waals surface area (Å²) in [6, 6.07) is 9.89. The number of hydrogen-bond acceptors (Lipinski definition) is 7. The predicted molar refractivity (Wildman–Crippen MR) is 96.0 cm³/mol. The molecule has 1 aliphatic rings. The number of nitrogens with zero attached hydrogens (tertiary/aromatic N) is 3. The molecule has 1 saturated heterocycles. The van der Waals surface area contributed by atoms with Gasteiger partial charge in [0.25, 0.3) is 0 Å². The summed E-state index contributed by atoms with van der Waals surface area (Å²) in [6.07, 6.45) is -0.729. The van der Waals surface area contributed by atoms with E-state index in [0.717, 1.165) is 5.75 Å². The quantitative estimate of drug-likeness (QED) is 0.571. The highest BCUT2D eigenvalue weighted by molar-refractivity contribution is 7.98. The molecule has 1 fully saturated rings. The molecule has 4 N–H and O–H groups in total. The zero-order valence-corrected chi connectivity index (χ0v) is 14.4. The lowest BCUT2D eigenvalue weighted by molar-refractivity contribution is 0.0648. The van der Waals surface area contributed by atoms with Crippen LogP contribution in [0.15, 0.2) is 35.5 Å². The largest absolute Gasteiger partial charge is 0.391 e. The van der Waals surface area contributed by atoms with Crippen molar-refractivity contribution in [2.75, 3.05) is 23.7 Å². The maximum Gasteiger partial charge on any atom is 0.191 e. The number of aliphatic hydroxyl groups is 2. The highest BCUT2D eigenvalue weighted by Crippen LogP contribution is 2.26. The average Bonchev–Trinajstić information content (AvgIpc) is 2.53. The molecule has 7 heteroatoms. The van der Waals surface area contributed by atoms with Gasteiger partial charge < -0.3 is 20.8 Å². The summed E-state index contributed by atoms with van der Waals surface area (Å²) in [4.78, 5) is 10.7. The molecule has 128 valence electrons. The Hall–Kier alpha value is -1.83. The SMILES string of the molecule is Cc1ccccc1CSc1nc(N)cc(N2C[C@H](O)C[C@@H](O)C2)n1. The number of hydrogen-bond donors (Lipinski definition) is 3. The number of aryl methyl sites for hydroxylation is 1. The Balaban J connectivity index is 1.75. The Morgan fingerprint density at radius 3 is 2.62 bits per heavy atom. The summed E-state index contributed by atoms with van der Waals surface area (Å²) in [5.74, 6) is 1.80. The number of nitrogens with two attached hydrogens (primary N) is 1. The summed E-state index contributed by atoms with van der Waals surface area (Å²) < 4.78 is 0. The summed E-state index contributed by atoms with van der Waals surface area (Å²) >= 11 is 1.53. The van der Waals surface area contributed by atoms with Crippen molar-refractivity contribution in [1.82, 2.24) is 9.97 Å². The minimum Gasteiger partial charge on any atom is -0.391 e. The Morgan fingerprint density at radius 2 is 1.92 bits per heavy atom. The first kappa shape index (κ1) is 17.0. The van der Waals surface area contributed by atoms with E-state index in [4.69, 9.17) is 5.73 Å². The van der Waals surface area contributed by atoms with Crippen molar-refractivity contribution in [3.63, 3.8) is 0 Å². The number of anilines is 2. The maximum absolute atomic E-state index is 9.85. The first-order valence-electron chi connectivity index (χ1n) is 7.94. The molecule has 1 aromatic heterocycles. The van der Waals surface area contributed by atoms with E-state index < -0.39 is 12.2 Å². The van der Waals surface area contributed by atoms with Gasteiger partial charge in [0.2, 0.25) is 0 Å². The van der Waals surface area contributed by atoms with Gasteiger partial charge in [-0.05, 0) is 18.1 Å². The lowest BCUT2D eigenvalue weighted by Gasteiger charge is -2.34. The van der Waals surface area contributed by atoms with Gasteiger partial charge >= 0.3 is 0 Å². The van der Waals surface area contributed by atoms with Crippen LogP contribution in [0.5, 0.6) is 0 Å². The minimum atomic E-state index is -0.562. The highest BCUT2D eigenvalue weighted by Gasteiger charge is 2.25. The van der Waals surface area contributed by atoms with E-state index in [2.05, 4.69) is 29.0 Å². The van der Waals surface area contributed by atoms with Crippen LogP contribution in [0.4, 0.5) is 11.6 Å². The summed E-state index contributed by atoms with van der Waals surface area (Å²) in [7, 11) is 0. The monoisotopic (exact) mass is 346 g/mol. The molecule has 0 bridgehead atoms. The van der Waals surface area contributed by atoms with Gasteiger partial charge in [-0.2, -0.15) is 0 Å². The van der Waals surface area contributed by atoms with Gasteiger partial charge in [0.1, 0.15) is 11.6 Å². The van der Waals surface area contributed by atoms with Crippen molar-refractivity contribution in [2.45, 2.75) is 36.5 Å². The number of β-amino-alcohol motifs (C(OH)–C–C–N with tert-alkyl or cyclic N) is 2. The van der Waals surface area contributed by atoms with E-state index in [1.54, 1.807) is 6.07 Å². The van der Waals surface area contributed by atoms with Crippen LogP contribution in [-0.2, 0) is 5.75 Å². The van der Waals surface area contributed by atoms with Crippen LogP contribution in [0, 0.1) is 6.92 Å². The number of benzene rings is 1. The fourth-order valence-corrected chi connectivity index (χ4v) is 3.74. The number of aromatic nitrogens is 2. The molecule has 0 amide bonds. The number of rotatable bonds is 4. The van der Waals surface area contributed by atoms with E-state index in [1.807, 2.05) is 17.0 Å². The number of nitrogen functional groups attached to an aromatic ring is 1. The van der Waals surface area contributed by atoms with E-state index in [-0.39, 0.29) is 0 Å². The van der Waals surface area contributed by atoms with Crippen molar-refractivity contribution in [2.24, 2.45) is 0 Å². The second-order valence-corrected chi connectivity index (χ2v) is 7.04. The third kappa shape index (κ3) is 4.17. The van der Waals surface area contributed by atoms with Crippen LogP contribution >= 0.6 is 11.8 Å². The van der Waals surface area contributed by atoms with E-state index >= 15 is 0 Å². The van der Waals surface area contributed by atoms with Crippen molar-refractivity contribution >= 4 is 23.4 Å². The molecule has 0 spiro atoms. The molecule has 2 atom stereocenters. The van der Waals surface area contributed by atoms with Gasteiger partial charge in [-0.15, -0.1) is 0 Å². The number of aliphatic hydroxyl groups excluding tert-OH is 2. The van der Waals surface area contributed by atoms with Crippen LogP contribution in [0.25, 0.3) is 0 Å². The predicted octanol–water partition coefficient (Wildman–Crippen LogP) is 1.59. The molecule has 1 aliphatic heterocycles. The first-order valence-corrected chi connectivity index (χ1v) is 8.93. The van der Waals surface area contributed by atoms with Crippen molar-refractivity contribution < 1.29 is 10.2 Å². The van der Waals surface area contributed by atoms with Crippen molar-refractivity contribution in [3.8, 4) is 0 Å². The Labute approximate surface area is 145 Å². The van der Waals surface area contributed by atoms with Crippen molar-refractivity contribution in [1.29, 1.82) is 0 Å². The molecule has 0 unspecified atom stereocenters. The zero-order valence-electron chi connectivity index (χ0n) is 13.6. The lowest BCUT2D eigenvalue weighted by Crippen LogP contribution is -2.46. The van der Waals surface area contributed by atoms with Gasteiger partial charge in [-0.25, -0.2) is 9.97 Å². The van der Waals surface area contributed by atoms with Crippen molar-refractivity contribution in [3.05, 3.63) is 41.5 Å². The van der Waals surface area contributed by atoms with Crippen LogP contribution < -0.4 is 10.6 Å². The molecule has 0 radical (unpaired) electrons. The molecule has 3 rings (SSSR count). The summed E-state index contributed by atoms with van der Waals surface area (Å²) in [6.45, 7) is 2.96. The van der Waals surface area contributed by atoms with Gasteiger partial charge in [0.05, 0.1) is 12.2 Å². The Morgan fingerprint density at radius 1 is 1.21 bits per heavy atom. The molecule has 0 saturated carbocycles. The summed E-state index contributed by atoms with van der Waals surface area (Å²) in [5.41, 5.74) is 8.39. The third-order valence-corrected chi connectivity index (χ3v) is 4.96. The maximum atomic E-state index is 9.85. The van der Waals surface area contributed by atoms with E-state index in [9.17, 15) is 10.2 Å². The highest BCUT2D eigenvalue weighted by atomic mass is 32.2. The molecule has 2 aromatic rings. The fourth-order valence-electron chi connectivity index (χ4n) is 2.80. The van der Waals surface area contributed by atoms with Crippen LogP contribution in [-0.4, -0.2) is 45.5 Å². The van der Waals surface area contributed by atoms with E-state index in [0.29, 0.717) is 36.3 Å². The van der Waals surface area contributed by atoms with Gasteiger partial charge in [-0.3, -0.25) is 0 Å². The van der Waals surface area contributed by atoms with Gasteiger partial charge in [-0.1, -0.05) is 36.0 Å².